The summed E-state index contributed by atoms with van der Waals surface area (Å²) in [5, 5.41) is 14.4. The van der Waals surface area contributed by atoms with Gasteiger partial charge in [-0.2, -0.15) is 5.10 Å². The molecule has 0 bridgehead atoms. The highest BCUT2D eigenvalue weighted by Gasteiger charge is 2.23. The molecule has 6 nitrogen and oxygen atoms in total. The fourth-order valence-corrected chi connectivity index (χ4v) is 4.86. The number of aromatic nitrogens is 3. The van der Waals surface area contributed by atoms with Crippen LogP contribution in [-0.2, 0) is 19.4 Å². The maximum absolute atomic E-state index is 10.9. The maximum Gasteiger partial charge on any atom is 0.356 e. The Morgan fingerprint density at radius 2 is 2.08 bits per heavy atom. The van der Waals surface area contributed by atoms with Crippen LogP contribution in [0.5, 0.6) is 0 Å². The first kappa shape index (κ1) is 15.8. The summed E-state index contributed by atoms with van der Waals surface area (Å²) in [5.41, 5.74) is 1.47. The van der Waals surface area contributed by atoms with Crippen molar-refractivity contribution in [1.82, 2.24) is 19.7 Å². The zero-order chi connectivity index (χ0) is 16.5. The lowest BCUT2D eigenvalue weighted by atomic mass is 10.0. The highest BCUT2D eigenvalue weighted by Crippen LogP contribution is 2.29. The Morgan fingerprint density at radius 3 is 2.79 bits per heavy atom. The highest BCUT2D eigenvalue weighted by atomic mass is 32.1. The van der Waals surface area contributed by atoms with Gasteiger partial charge < -0.3 is 5.11 Å². The summed E-state index contributed by atoms with van der Waals surface area (Å²) in [7, 11) is 0. The van der Waals surface area contributed by atoms with Crippen LogP contribution in [0.1, 0.15) is 57.8 Å². The van der Waals surface area contributed by atoms with Crippen LogP contribution in [0, 0.1) is 0 Å². The first-order chi connectivity index (χ1) is 11.7. The Labute approximate surface area is 145 Å². The lowest BCUT2D eigenvalue weighted by Crippen LogP contribution is -2.34. The van der Waals surface area contributed by atoms with Crippen molar-refractivity contribution in [3.8, 4) is 0 Å². The van der Waals surface area contributed by atoms with Crippen LogP contribution in [0.15, 0.2) is 12.3 Å². The van der Waals surface area contributed by atoms with Gasteiger partial charge in [0.05, 0.1) is 18.3 Å². The monoisotopic (exact) mass is 346 g/mol. The molecule has 0 radical (unpaired) electrons. The molecule has 1 aliphatic carbocycles. The number of hydrogen-bond donors (Lipinski definition) is 1. The molecular formula is C17H22N4O2S. The van der Waals surface area contributed by atoms with E-state index in [4.69, 9.17) is 10.1 Å². The molecule has 24 heavy (non-hydrogen) atoms. The number of likely N-dealkylation sites (tertiary alicyclic amines) is 1. The van der Waals surface area contributed by atoms with Crippen LogP contribution in [0.4, 0.5) is 0 Å². The van der Waals surface area contributed by atoms with E-state index in [1.807, 2.05) is 16.0 Å². The van der Waals surface area contributed by atoms with Crippen molar-refractivity contribution in [2.45, 2.75) is 51.1 Å². The van der Waals surface area contributed by atoms with E-state index < -0.39 is 5.97 Å². The molecule has 1 aliphatic heterocycles. The number of nitrogens with zero attached hydrogens (tertiary/aromatic N) is 4. The lowest BCUT2D eigenvalue weighted by Gasteiger charge is -2.31. The van der Waals surface area contributed by atoms with Gasteiger partial charge in [0.15, 0.2) is 5.69 Å². The fourth-order valence-electron chi connectivity index (χ4n) is 3.66. The number of piperidine rings is 1. The lowest BCUT2D eigenvalue weighted by molar-refractivity contribution is 0.0688. The van der Waals surface area contributed by atoms with E-state index in [9.17, 15) is 4.79 Å². The van der Waals surface area contributed by atoms with Crippen molar-refractivity contribution in [2.75, 3.05) is 13.1 Å². The number of carboxylic acids is 1. The van der Waals surface area contributed by atoms with Gasteiger partial charge >= 0.3 is 5.97 Å². The molecule has 0 aromatic carbocycles. The second-order valence-corrected chi connectivity index (χ2v) is 7.85. The van der Waals surface area contributed by atoms with Gasteiger partial charge in [0.25, 0.3) is 0 Å². The number of aryl methyl sites for hydroxylation is 2. The molecule has 0 amide bonds. The third kappa shape index (κ3) is 3.23. The van der Waals surface area contributed by atoms with Gasteiger partial charge in [0.2, 0.25) is 0 Å². The van der Waals surface area contributed by atoms with Crippen molar-refractivity contribution >= 4 is 17.3 Å². The standard InChI is InChI=1S/C17H22N4O2S/c22-17(23)14-7-10-21(19-14)12-5-8-20(9-6-12)11-16-18-13-3-1-2-4-15(13)24-16/h7,10,12H,1-6,8-9,11H2,(H,22,23). The quantitative estimate of drug-likeness (QED) is 0.922. The van der Waals surface area contributed by atoms with Gasteiger partial charge in [-0.05, 0) is 44.6 Å². The number of thiazole rings is 1. The summed E-state index contributed by atoms with van der Waals surface area (Å²) in [6.07, 6.45) is 8.75. The summed E-state index contributed by atoms with van der Waals surface area (Å²) in [4.78, 5) is 19.7. The molecular weight excluding hydrogens is 324 g/mol. The molecule has 1 saturated heterocycles. The average Bonchev–Trinajstić information content (AvgIpc) is 3.22. The number of carbonyl (C=O) groups is 1. The maximum atomic E-state index is 10.9. The van der Waals surface area contributed by atoms with E-state index in [-0.39, 0.29) is 5.69 Å². The normalized spacial score (nSPS) is 19.3. The fraction of sp³-hybridized carbons (Fsp3) is 0.588. The van der Waals surface area contributed by atoms with Crippen LogP contribution in [0.2, 0.25) is 0 Å². The van der Waals surface area contributed by atoms with Crippen molar-refractivity contribution in [2.24, 2.45) is 0 Å². The molecule has 1 fully saturated rings. The van der Waals surface area contributed by atoms with Gasteiger partial charge in [-0.1, -0.05) is 0 Å². The first-order valence-electron chi connectivity index (χ1n) is 8.67. The molecule has 2 aromatic heterocycles. The molecule has 7 heteroatoms. The Bertz CT molecular complexity index is 707. The second kappa shape index (κ2) is 6.64. The Kier molecular flexibility index (Phi) is 4.37. The summed E-state index contributed by atoms with van der Waals surface area (Å²) in [6.45, 7) is 2.97. The number of aromatic carboxylic acids is 1. The third-order valence-corrected chi connectivity index (χ3v) is 6.15. The van der Waals surface area contributed by atoms with Gasteiger partial charge in [0, 0.05) is 24.2 Å². The molecule has 3 heterocycles. The summed E-state index contributed by atoms with van der Waals surface area (Å²) in [6, 6.07) is 1.88. The molecule has 0 saturated carbocycles. The number of rotatable bonds is 4. The summed E-state index contributed by atoms with van der Waals surface area (Å²) >= 11 is 1.90. The first-order valence-corrected chi connectivity index (χ1v) is 9.49. The van der Waals surface area contributed by atoms with E-state index in [0.29, 0.717) is 6.04 Å². The smallest absolute Gasteiger partial charge is 0.356 e. The zero-order valence-electron chi connectivity index (χ0n) is 13.6. The van der Waals surface area contributed by atoms with Crippen LogP contribution in [-0.4, -0.2) is 43.8 Å². The molecule has 2 aliphatic rings. The van der Waals surface area contributed by atoms with Gasteiger partial charge in [-0.25, -0.2) is 9.78 Å². The topological polar surface area (TPSA) is 71.2 Å². The van der Waals surface area contributed by atoms with E-state index in [2.05, 4.69) is 10.00 Å². The van der Waals surface area contributed by atoms with Crippen LogP contribution in [0.3, 0.4) is 0 Å². The summed E-state index contributed by atoms with van der Waals surface area (Å²) < 4.78 is 1.82. The summed E-state index contributed by atoms with van der Waals surface area (Å²) in [5.74, 6) is -0.959. The molecule has 0 atom stereocenters. The highest BCUT2D eigenvalue weighted by molar-refractivity contribution is 7.11. The van der Waals surface area contributed by atoms with Gasteiger partial charge in [-0.15, -0.1) is 11.3 Å². The Hall–Kier alpha value is -1.73. The van der Waals surface area contributed by atoms with Crippen molar-refractivity contribution in [1.29, 1.82) is 0 Å². The van der Waals surface area contributed by atoms with E-state index >= 15 is 0 Å². The van der Waals surface area contributed by atoms with E-state index in [1.165, 1.54) is 34.8 Å². The molecule has 0 spiro atoms. The predicted octanol–water partition coefficient (Wildman–Crippen LogP) is 2.75. The number of hydrogen-bond acceptors (Lipinski definition) is 5. The van der Waals surface area contributed by atoms with Crippen LogP contribution < -0.4 is 0 Å². The molecule has 0 unspecified atom stereocenters. The zero-order valence-corrected chi connectivity index (χ0v) is 14.5. The van der Waals surface area contributed by atoms with Crippen LogP contribution >= 0.6 is 11.3 Å². The van der Waals surface area contributed by atoms with Crippen molar-refractivity contribution < 1.29 is 9.90 Å². The number of fused-ring (bicyclic) bond motifs is 1. The Balaban J connectivity index is 1.34. The average molecular weight is 346 g/mol. The van der Waals surface area contributed by atoms with Crippen molar-refractivity contribution in [3.05, 3.63) is 33.5 Å². The molecule has 4 rings (SSSR count). The molecule has 2 aromatic rings. The Morgan fingerprint density at radius 1 is 1.29 bits per heavy atom. The second-order valence-electron chi connectivity index (χ2n) is 6.68. The minimum Gasteiger partial charge on any atom is -0.476 e. The SMILES string of the molecule is O=C(O)c1ccn(C2CCN(Cc3nc4c(s3)CCCC4)CC2)n1. The molecule has 128 valence electrons. The third-order valence-electron chi connectivity index (χ3n) is 5.01. The number of carboxylic acid groups (broad SMARTS) is 1. The predicted molar refractivity (Wildman–Crippen MR) is 91.5 cm³/mol. The van der Waals surface area contributed by atoms with Gasteiger partial charge in [0.1, 0.15) is 5.01 Å². The van der Waals surface area contributed by atoms with E-state index in [0.717, 1.165) is 38.9 Å². The molecule has 1 N–H and O–H groups in total. The van der Waals surface area contributed by atoms with Gasteiger partial charge in [-0.3, -0.25) is 9.58 Å². The minimum absolute atomic E-state index is 0.130. The largest absolute Gasteiger partial charge is 0.476 e. The minimum atomic E-state index is -0.959. The van der Waals surface area contributed by atoms with Crippen LogP contribution in [0.25, 0.3) is 0 Å². The van der Waals surface area contributed by atoms with Crippen molar-refractivity contribution in [3.63, 3.8) is 0 Å². The van der Waals surface area contributed by atoms with E-state index in [1.54, 1.807) is 12.3 Å².